The van der Waals surface area contributed by atoms with Crippen LogP contribution in [0.25, 0.3) is 17.1 Å². The Bertz CT molecular complexity index is 1170. The molecule has 0 fully saturated rings. The first-order chi connectivity index (χ1) is 13.7. The van der Waals surface area contributed by atoms with Crippen LogP contribution in [0.5, 0.6) is 0 Å². The van der Waals surface area contributed by atoms with Crippen molar-refractivity contribution in [1.29, 1.82) is 5.26 Å². The van der Waals surface area contributed by atoms with Gasteiger partial charge in [0.25, 0.3) is 0 Å². The maximum Gasteiger partial charge on any atom is 0.202 e. The van der Waals surface area contributed by atoms with Crippen molar-refractivity contribution < 1.29 is 4.39 Å². The summed E-state index contributed by atoms with van der Waals surface area (Å²) in [7, 11) is 0. The molecular formula is C19H10ClFN6S. The van der Waals surface area contributed by atoms with E-state index >= 15 is 0 Å². The summed E-state index contributed by atoms with van der Waals surface area (Å²) in [5.74, 6) is -0.0515. The van der Waals surface area contributed by atoms with Crippen molar-refractivity contribution >= 4 is 23.4 Å². The minimum atomic E-state index is -0.403. The molecule has 0 N–H and O–H groups in total. The summed E-state index contributed by atoms with van der Waals surface area (Å²) in [6, 6.07) is 18.6. The lowest BCUT2D eigenvalue weighted by Crippen LogP contribution is -2.01. The van der Waals surface area contributed by atoms with Crippen LogP contribution in [-0.4, -0.2) is 25.0 Å². The lowest BCUT2D eigenvalue weighted by Gasteiger charge is -2.10. The van der Waals surface area contributed by atoms with E-state index in [0.717, 1.165) is 5.69 Å². The molecule has 9 heteroatoms. The van der Waals surface area contributed by atoms with E-state index in [1.807, 2.05) is 6.07 Å². The van der Waals surface area contributed by atoms with Gasteiger partial charge in [-0.1, -0.05) is 23.7 Å². The van der Waals surface area contributed by atoms with E-state index in [9.17, 15) is 4.39 Å². The van der Waals surface area contributed by atoms with Gasteiger partial charge in [0.05, 0.1) is 5.56 Å². The third-order valence-corrected chi connectivity index (χ3v) is 4.91. The number of nitrogens with zero attached hydrogens (tertiary/aromatic N) is 6. The third kappa shape index (κ3) is 3.58. The van der Waals surface area contributed by atoms with Gasteiger partial charge in [0.2, 0.25) is 5.16 Å². The van der Waals surface area contributed by atoms with Gasteiger partial charge in [-0.3, -0.25) is 4.57 Å². The molecule has 0 saturated heterocycles. The molecule has 2 heterocycles. The molecule has 0 radical (unpaired) electrons. The Morgan fingerprint density at radius 1 is 0.929 bits per heavy atom. The van der Waals surface area contributed by atoms with Crippen molar-refractivity contribution in [2.75, 3.05) is 0 Å². The number of nitriles is 1. The molecule has 0 atom stereocenters. The molecule has 0 aliphatic carbocycles. The Balaban J connectivity index is 1.83. The summed E-state index contributed by atoms with van der Waals surface area (Å²) in [6.45, 7) is 0. The molecule has 0 amide bonds. The molecule has 136 valence electrons. The van der Waals surface area contributed by atoms with E-state index < -0.39 is 5.82 Å². The SMILES string of the molecule is N#Cc1ccc(Sc2nnc(-c3ccccc3F)n2-c2ccc(Cl)cc2)nn1. The standard InChI is InChI=1S/C19H10ClFN6S/c20-12-5-8-14(9-6-12)27-18(15-3-1-2-4-16(15)21)25-26-19(27)28-17-10-7-13(11-22)23-24-17/h1-10H. The Hall–Kier alpha value is -3.28. The quantitative estimate of drug-likeness (QED) is 0.493. The Morgan fingerprint density at radius 2 is 1.71 bits per heavy atom. The average molecular weight is 409 g/mol. The van der Waals surface area contributed by atoms with Crippen LogP contribution in [-0.2, 0) is 0 Å². The predicted molar refractivity (Wildman–Crippen MR) is 103 cm³/mol. The minimum absolute atomic E-state index is 0.218. The van der Waals surface area contributed by atoms with Crippen molar-refractivity contribution in [1.82, 2.24) is 25.0 Å². The fraction of sp³-hybridized carbons (Fsp3) is 0. The first kappa shape index (κ1) is 18.1. The topological polar surface area (TPSA) is 80.3 Å². The molecule has 0 aliphatic heterocycles. The number of hydrogen-bond donors (Lipinski definition) is 0. The van der Waals surface area contributed by atoms with E-state index in [2.05, 4.69) is 20.4 Å². The number of benzene rings is 2. The lowest BCUT2D eigenvalue weighted by molar-refractivity contribution is 0.629. The first-order valence-electron chi connectivity index (χ1n) is 8.03. The van der Waals surface area contributed by atoms with Crippen LogP contribution in [0.15, 0.2) is 70.8 Å². The maximum absolute atomic E-state index is 14.4. The molecule has 28 heavy (non-hydrogen) atoms. The Labute approximate surface area is 168 Å². The van der Waals surface area contributed by atoms with Crippen LogP contribution in [0.1, 0.15) is 5.69 Å². The largest absolute Gasteiger partial charge is 0.270 e. The minimum Gasteiger partial charge on any atom is -0.270 e. The van der Waals surface area contributed by atoms with Crippen LogP contribution in [0.3, 0.4) is 0 Å². The van der Waals surface area contributed by atoms with E-state index in [1.54, 1.807) is 59.2 Å². The van der Waals surface area contributed by atoms with E-state index in [1.165, 1.54) is 17.8 Å². The molecule has 0 spiro atoms. The van der Waals surface area contributed by atoms with Gasteiger partial charge in [0, 0.05) is 10.7 Å². The molecule has 4 rings (SSSR count). The van der Waals surface area contributed by atoms with Gasteiger partial charge in [0.1, 0.15) is 16.9 Å². The monoisotopic (exact) mass is 408 g/mol. The second kappa shape index (κ2) is 7.76. The first-order valence-corrected chi connectivity index (χ1v) is 9.23. The van der Waals surface area contributed by atoms with Crippen molar-refractivity contribution in [2.24, 2.45) is 0 Å². The van der Waals surface area contributed by atoms with Gasteiger partial charge in [-0.15, -0.1) is 20.4 Å². The van der Waals surface area contributed by atoms with Crippen molar-refractivity contribution in [3.8, 4) is 23.1 Å². The Kier molecular flexibility index (Phi) is 5.02. The summed E-state index contributed by atoms with van der Waals surface area (Å²) in [6.07, 6.45) is 0. The zero-order chi connectivity index (χ0) is 19.5. The van der Waals surface area contributed by atoms with Crippen molar-refractivity contribution in [3.63, 3.8) is 0 Å². The number of aromatic nitrogens is 5. The molecule has 0 unspecified atom stereocenters. The summed E-state index contributed by atoms with van der Waals surface area (Å²) >= 11 is 7.21. The molecule has 6 nitrogen and oxygen atoms in total. The molecule has 2 aromatic carbocycles. The highest BCUT2D eigenvalue weighted by atomic mass is 35.5. The average Bonchev–Trinajstić information content (AvgIpc) is 3.13. The molecule has 2 aromatic heterocycles. The van der Waals surface area contributed by atoms with Crippen LogP contribution in [0, 0.1) is 17.1 Å². The molecular weight excluding hydrogens is 399 g/mol. The highest BCUT2D eigenvalue weighted by molar-refractivity contribution is 7.99. The maximum atomic E-state index is 14.4. The lowest BCUT2D eigenvalue weighted by atomic mass is 10.2. The van der Waals surface area contributed by atoms with Gasteiger partial charge in [-0.2, -0.15) is 5.26 Å². The fourth-order valence-corrected chi connectivity index (χ4v) is 3.40. The smallest absolute Gasteiger partial charge is 0.202 e. The fourth-order valence-electron chi connectivity index (χ4n) is 2.50. The van der Waals surface area contributed by atoms with Crippen molar-refractivity contribution in [3.05, 3.63) is 77.2 Å². The van der Waals surface area contributed by atoms with Crippen LogP contribution in [0.4, 0.5) is 4.39 Å². The van der Waals surface area contributed by atoms with Crippen LogP contribution >= 0.6 is 23.4 Å². The van der Waals surface area contributed by atoms with Gasteiger partial charge in [-0.05, 0) is 60.3 Å². The summed E-state index contributed by atoms with van der Waals surface area (Å²) in [5, 5.41) is 26.7. The molecule has 0 bridgehead atoms. The predicted octanol–water partition coefficient (Wildman–Crippen LogP) is 4.54. The highest BCUT2D eigenvalue weighted by Gasteiger charge is 2.19. The molecule has 0 saturated carbocycles. The van der Waals surface area contributed by atoms with Crippen molar-refractivity contribution in [2.45, 2.75) is 10.2 Å². The normalized spacial score (nSPS) is 10.6. The van der Waals surface area contributed by atoms with Gasteiger partial charge >= 0.3 is 0 Å². The van der Waals surface area contributed by atoms with Gasteiger partial charge in [-0.25, -0.2) is 4.39 Å². The number of rotatable bonds is 4. The second-order valence-corrected chi connectivity index (χ2v) is 6.99. The van der Waals surface area contributed by atoms with Gasteiger partial charge < -0.3 is 0 Å². The van der Waals surface area contributed by atoms with Crippen LogP contribution in [0.2, 0.25) is 5.02 Å². The molecule has 4 aromatic rings. The van der Waals surface area contributed by atoms with E-state index in [4.69, 9.17) is 16.9 Å². The number of halogens is 2. The van der Waals surface area contributed by atoms with Crippen LogP contribution < -0.4 is 0 Å². The van der Waals surface area contributed by atoms with E-state index in [0.29, 0.717) is 26.6 Å². The summed E-state index contributed by atoms with van der Waals surface area (Å²) in [5.41, 5.74) is 1.26. The zero-order valence-corrected chi connectivity index (χ0v) is 15.7. The Morgan fingerprint density at radius 3 is 2.39 bits per heavy atom. The van der Waals surface area contributed by atoms with Gasteiger partial charge in [0.15, 0.2) is 11.5 Å². The highest BCUT2D eigenvalue weighted by Crippen LogP contribution is 2.32. The number of hydrogen-bond acceptors (Lipinski definition) is 6. The zero-order valence-electron chi connectivity index (χ0n) is 14.1. The summed E-state index contributed by atoms with van der Waals surface area (Å²) in [4.78, 5) is 0. The second-order valence-electron chi connectivity index (χ2n) is 5.57. The third-order valence-electron chi connectivity index (χ3n) is 3.78. The molecule has 0 aliphatic rings. The summed E-state index contributed by atoms with van der Waals surface area (Å²) < 4.78 is 16.1. The van der Waals surface area contributed by atoms with E-state index in [-0.39, 0.29) is 5.69 Å².